The van der Waals surface area contributed by atoms with Crippen LogP contribution in [-0.2, 0) is 11.0 Å². The molecule has 0 aliphatic carbocycles. The SMILES string of the molecule is CC(Sc1nnc(-c2cccs2)o1)C(=O)Nc1cccc(C(F)(F)F)c1. The van der Waals surface area contributed by atoms with Gasteiger partial charge in [0.1, 0.15) is 0 Å². The van der Waals surface area contributed by atoms with E-state index in [0.29, 0.717) is 5.89 Å². The van der Waals surface area contributed by atoms with Crippen LogP contribution in [0, 0.1) is 0 Å². The van der Waals surface area contributed by atoms with Gasteiger partial charge in [0.25, 0.3) is 11.1 Å². The Balaban J connectivity index is 1.63. The molecule has 1 amide bonds. The number of thiophene rings is 1. The monoisotopic (exact) mass is 399 g/mol. The zero-order chi connectivity index (χ0) is 18.7. The molecule has 0 aliphatic rings. The van der Waals surface area contributed by atoms with Crippen molar-refractivity contribution in [3.63, 3.8) is 0 Å². The van der Waals surface area contributed by atoms with E-state index in [2.05, 4.69) is 15.5 Å². The van der Waals surface area contributed by atoms with E-state index in [1.807, 2.05) is 17.5 Å². The van der Waals surface area contributed by atoms with Gasteiger partial charge < -0.3 is 9.73 Å². The number of benzene rings is 1. The fraction of sp³-hybridized carbons (Fsp3) is 0.188. The van der Waals surface area contributed by atoms with Crippen molar-refractivity contribution in [3.05, 3.63) is 47.3 Å². The number of hydrogen-bond donors (Lipinski definition) is 1. The molecule has 1 atom stereocenters. The van der Waals surface area contributed by atoms with Crippen molar-refractivity contribution in [3.8, 4) is 10.8 Å². The maximum Gasteiger partial charge on any atom is 0.416 e. The minimum atomic E-state index is -4.47. The molecule has 1 aromatic carbocycles. The van der Waals surface area contributed by atoms with Crippen LogP contribution in [-0.4, -0.2) is 21.4 Å². The van der Waals surface area contributed by atoms with Crippen LogP contribution in [0.3, 0.4) is 0 Å². The molecule has 3 rings (SSSR count). The number of halogens is 3. The Labute approximate surface area is 154 Å². The fourth-order valence-corrected chi connectivity index (χ4v) is 3.31. The Morgan fingerprint density at radius 1 is 1.27 bits per heavy atom. The van der Waals surface area contributed by atoms with Crippen LogP contribution in [0.4, 0.5) is 18.9 Å². The molecule has 5 nitrogen and oxygen atoms in total. The van der Waals surface area contributed by atoms with Gasteiger partial charge in [-0.15, -0.1) is 21.5 Å². The third kappa shape index (κ3) is 4.44. The summed E-state index contributed by atoms with van der Waals surface area (Å²) in [6, 6.07) is 8.14. The zero-order valence-corrected chi connectivity index (χ0v) is 14.9. The summed E-state index contributed by atoms with van der Waals surface area (Å²) >= 11 is 2.47. The van der Waals surface area contributed by atoms with Crippen LogP contribution in [0.15, 0.2) is 51.4 Å². The third-order valence-electron chi connectivity index (χ3n) is 3.24. The second-order valence-corrected chi connectivity index (χ2v) is 7.42. The summed E-state index contributed by atoms with van der Waals surface area (Å²) in [6.45, 7) is 1.60. The summed E-state index contributed by atoms with van der Waals surface area (Å²) < 4.78 is 43.7. The van der Waals surface area contributed by atoms with Crippen LogP contribution in [0.5, 0.6) is 0 Å². The average Bonchev–Trinajstić information content (AvgIpc) is 3.25. The summed E-state index contributed by atoms with van der Waals surface area (Å²) in [5, 5.41) is 11.7. The maximum atomic E-state index is 12.7. The number of nitrogens with zero attached hydrogens (tertiary/aromatic N) is 2. The van der Waals surface area contributed by atoms with E-state index in [9.17, 15) is 18.0 Å². The summed E-state index contributed by atoms with van der Waals surface area (Å²) in [6.07, 6.45) is -4.47. The number of nitrogens with one attached hydrogen (secondary N) is 1. The molecule has 136 valence electrons. The van der Waals surface area contributed by atoms with Crippen molar-refractivity contribution in [2.45, 2.75) is 23.6 Å². The highest BCUT2D eigenvalue weighted by molar-refractivity contribution is 8.00. The first-order valence-corrected chi connectivity index (χ1v) is 9.11. The van der Waals surface area contributed by atoms with Crippen molar-refractivity contribution >= 4 is 34.7 Å². The molecule has 0 saturated heterocycles. The molecule has 1 N–H and O–H groups in total. The standard InChI is InChI=1S/C16H12F3N3O2S2/c1-9(26-15-22-21-14(24-15)12-6-3-7-25-12)13(23)20-11-5-2-4-10(8-11)16(17,18)19/h2-9H,1H3,(H,20,23). The first-order chi connectivity index (χ1) is 12.3. The van der Waals surface area contributed by atoms with Gasteiger partial charge in [0, 0.05) is 5.69 Å². The van der Waals surface area contributed by atoms with E-state index in [1.54, 1.807) is 6.92 Å². The number of anilines is 1. The van der Waals surface area contributed by atoms with E-state index in [0.717, 1.165) is 28.8 Å². The number of thioether (sulfide) groups is 1. The first kappa shape index (κ1) is 18.5. The third-order valence-corrected chi connectivity index (χ3v) is 5.03. The lowest BCUT2D eigenvalue weighted by molar-refractivity contribution is -0.137. The zero-order valence-electron chi connectivity index (χ0n) is 13.3. The van der Waals surface area contributed by atoms with Crippen molar-refractivity contribution < 1.29 is 22.4 Å². The minimum Gasteiger partial charge on any atom is -0.410 e. The largest absolute Gasteiger partial charge is 0.416 e. The fourth-order valence-electron chi connectivity index (χ4n) is 1.98. The van der Waals surface area contributed by atoms with Gasteiger partial charge >= 0.3 is 6.18 Å². The van der Waals surface area contributed by atoms with Crippen LogP contribution >= 0.6 is 23.1 Å². The Kier molecular flexibility index (Phi) is 5.33. The lowest BCUT2D eigenvalue weighted by Gasteiger charge is -2.12. The summed E-state index contributed by atoms with van der Waals surface area (Å²) in [5.41, 5.74) is -0.754. The molecule has 0 spiro atoms. The molecule has 0 fully saturated rings. The van der Waals surface area contributed by atoms with Crippen molar-refractivity contribution in [2.24, 2.45) is 0 Å². The molecule has 26 heavy (non-hydrogen) atoms. The molecule has 0 bridgehead atoms. The van der Waals surface area contributed by atoms with E-state index in [1.165, 1.54) is 23.5 Å². The topological polar surface area (TPSA) is 68.0 Å². The molecular formula is C16H12F3N3O2S2. The molecule has 10 heteroatoms. The Morgan fingerprint density at radius 2 is 2.08 bits per heavy atom. The summed E-state index contributed by atoms with van der Waals surface area (Å²) in [5.74, 6) is -0.113. The number of carbonyl (C=O) groups is 1. The molecule has 3 aromatic rings. The quantitative estimate of drug-likeness (QED) is 0.616. The second-order valence-electron chi connectivity index (χ2n) is 5.18. The molecule has 2 heterocycles. The normalized spacial score (nSPS) is 12.8. The van der Waals surface area contributed by atoms with Crippen LogP contribution in [0.1, 0.15) is 12.5 Å². The van der Waals surface area contributed by atoms with Crippen LogP contribution in [0.25, 0.3) is 10.8 Å². The predicted octanol–water partition coefficient (Wildman–Crippen LogP) is 4.94. The number of hydrogen-bond acceptors (Lipinski definition) is 6. The Hall–Kier alpha value is -2.33. The first-order valence-electron chi connectivity index (χ1n) is 7.35. The van der Waals surface area contributed by atoms with Crippen LogP contribution < -0.4 is 5.32 Å². The minimum absolute atomic E-state index is 0.0714. The Morgan fingerprint density at radius 3 is 2.77 bits per heavy atom. The molecule has 0 radical (unpaired) electrons. The van der Waals surface area contributed by atoms with Gasteiger partial charge in [-0.2, -0.15) is 13.2 Å². The van der Waals surface area contributed by atoms with Crippen molar-refractivity contribution in [1.82, 2.24) is 10.2 Å². The highest BCUT2D eigenvalue weighted by atomic mass is 32.2. The maximum absolute atomic E-state index is 12.7. The van der Waals surface area contributed by atoms with Gasteiger partial charge in [-0.05, 0) is 36.6 Å². The molecule has 1 unspecified atom stereocenters. The lowest BCUT2D eigenvalue weighted by Crippen LogP contribution is -2.22. The molecule has 0 saturated carbocycles. The molecular weight excluding hydrogens is 387 g/mol. The summed E-state index contributed by atoms with van der Waals surface area (Å²) in [7, 11) is 0. The molecule has 0 aliphatic heterocycles. The lowest BCUT2D eigenvalue weighted by atomic mass is 10.2. The number of alkyl halides is 3. The average molecular weight is 399 g/mol. The number of rotatable bonds is 5. The second kappa shape index (κ2) is 7.50. The van der Waals surface area contributed by atoms with E-state index < -0.39 is 22.9 Å². The van der Waals surface area contributed by atoms with E-state index in [-0.39, 0.29) is 10.9 Å². The van der Waals surface area contributed by atoms with E-state index >= 15 is 0 Å². The number of carbonyl (C=O) groups excluding carboxylic acids is 1. The Bertz CT molecular complexity index is 894. The highest BCUT2D eigenvalue weighted by Gasteiger charge is 2.30. The van der Waals surface area contributed by atoms with Gasteiger partial charge in [0.15, 0.2) is 0 Å². The molecule has 2 aromatic heterocycles. The van der Waals surface area contributed by atoms with Crippen molar-refractivity contribution in [1.29, 1.82) is 0 Å². The summed E-state index contributed by atoms with van der Waals surface area (Å²) in [4.78, 5) is 13.0. The number of amides is 1. The van der Waals surface area contributed by atoms with E-state index in [4.69, 9.17) is 4.42 Å². The highest BCUT2D eigenvalue weighted by Crippen LogP contribution is 2.31. The van der Waals surface area contributed by atoms with Crippen molar-refractivity contribution in [2.75, 3.05) is 5.32 Å². The van der Waals surface area contributed by atoms with Crippen LogP contribution in [0.2, 0.25) is 0 Å². The van der Waals surface area contributed by atoms with Gasteiger partial charge in [-0.1, -0.05) is 23.9 Å². The number of aromatic nitrogens is 2. The predicted molar refractivity (Wildman–Crippen MR) is 93.0 cm³/mol. The van der Waals surface area contributed by atoms with Gasteiger partial charge in [-0.25, -0.2) is 0 Å². The smallest absolute Gasteiger partial charge is 0.410 e. The van der Waals surface area contributed by atoms with Gasteiger partial charge in [0.2, 0.25) is 5.91 Å². The van der Waals surface area contributed by atoms with Gasteiger partial charge in [0.05, 0.1) is 15.7 Å². The van der Waals surface area contributed by atoms with Gasteiger partial charge in [-0.3, -0.25) is 4.79 Å².